The van der Waals surface area contributed by atoms with E-state index in [0.717, 1.165) is 18.4 Å². The van der Waals surface area contributed by atoms with Gasteiger partial charge in [0.05, 0.1) is 24.4 Å². The maximum Gasteiger partial charge on any atom is 0.513 e. The van der Waals surface area contributed by atoms with E-state index in [-0.39, 0.29) is 52.6 Å². The molecule has 0 spiro atoms. The molecule has 0 saturated carbocycles. The number of hydrogen-bond donors (Lipinski definition) is 0. The number of carbonyl (C=O) groups is 4. The summed E-state index contributed by atoms with van der Waals surface area (Å²) >= 11 is 0. The standard InChI is InChI=1S/C30H30O8/c1-4-7-15-35-29(33)37-27-21-12-10-9-11-19(21)25(31)24-23(27)26(32)20-14-13-18(6-3)17-22(20)28(24)38-30(34)36-16-8-5-2/h9-14,17H,4-8,15-16H2,1-3H3. The Labute approximate surface area is 221 Å². The van der Waals surface area contributed by atoms with Gasteiger partial charge in [-0.3, -0.25) is 9.59 Å². The Hall–Kier alpha value is -4.20. The Morgan fingerprint density at radius 1 is 0.658 bits per heavy atom. The van der Waals surface area contributed by atoms with Crippen LogP contribution in [-0.2, 0) is 25.4 Å². The normalized spacial score (nSPS) is 14.0. The van der Waals surface area contributed by atoms with Gasteiger partial charge in [-0.1, -0.05) is 70.0 Å². The summed E-state index contributed by atoms with van der Waals surface area (Å²) in [6.45, 7) is 6.16. The predicted octanol–water partition coefficient (Wildman–Crippen LogP) is 6.67. The van der Waals surface area contributed by atoms with Crippen molar-refractivity contribution in [2.45, 2.75) is 52.9 Å². The predicted molar refractivity (Wildman–Crippen MR) is 139 cm³/mol. The summed E-state index contributed by atoms with van der Waals surface area (Å²) in [6.07, 6.45) is 1.59. The van der Waals surface area contributed by atoms with Gasteiger partial charge in [0.1, 0.15) is 0 Å². The Morgan fingerprint density at radius 2 is 1.16 bits per heavy atom. The van der Waals surface area contributed by atoms with Gasteiger partial charge >= 0.3 is 12.3 Å². The van der Waals surface area contributed by atoms with Crippen molar-refractivity contribution in [3.8, 4) is 0 Å². The number of carbonyl (C=O) groups excluding carboxylic acids is 4. The highest BCUT2D eigenvalue weighted by Gasteiger charge is 2.43. The summed E-state index contributed by atoms with van der Waals surface area (Å²) < 4.78 is 21.6. The van der Waals surface area contributed by atoms with E-state index in [9.17, 15) is 19.2 Å². The zero-order valence-corrected chi connectivity index (χ0v) is 21.8. The number of ether oxygens (including phenoxy) is 4. The first-order chi connectivity index (χ1) is 18.4. The molecule has 2 aromatic rings. The summed E-state index contributed by atoms with van der Waals surface area (Å²) in [4.78, 5) is 52.9. The van der Waals surface area contributed by atoms with Crippen molar-refractivity contribution in [2.75, 3.05) is 13.2 Å². The van der Waals surface area contributed by atoms with Crippen molar-refractivity contribution in [3.05, 3.63) is 81.4 Å². The van der Waals surface area contributed by atoms with E-state index in [0.29, 0.717) is 24.8 Å². The van der Waals surface area contributed by atoms with Crippen LogP contribution in [0.15, 0.2) is 53.6 Å². The molecule has 0 N–H and O–H groups in total. The van der Waals surface area contributed by atoms with Crippen LogP contribution >= 0.6 is 0 Å². The minimum Gasteiger partial charge on any atom is -0.434 e. The fourth-order valence-corrected chi connectivity index (χ4v) is 4.31. The molecular weight excluding hydrogens is 488 g/mol. The quantitative estimate of drug-likeness (QED) is 0.268. The first-order valence-electron chi connectivity index (χ1n) is 12.9. The molecule has 0 atom stereocenters. The second-order valence-corrected chi connectivity index (χ2v) is 8.95. The third-order valence-electron chi connectivity index (χ3n) is 6.36. The average Bonchev–Trinajstić information content (AvgIpc) is 2.92. The fourth-order valence-electron chi connectivity index (χ4n) is 4.31. The van der Waals surface area contributed by atoms with Gasteiger partial charge in [-0.15, -0.1) is 0 Å². The number of benzene rings is 2. The number of aryl methyl sites for hydroxylation is 1. The molecule has 198 valence electrons. The molecule has 2 aromatic carbocycles. The molecule has 0 aromatic heterocycles. The molecule has 8 heteroatoms. The van der Waals surface area contributed by atoms with Crippen molar-refractivity contribution in [1.29, 1.82) is 0 Å². The molecular formula is C30H30O8. The topological polar surface area (TPSA) is 105 Å². The molecule has 0 aliphatic heterocycles. The molecule has 2 aliphatic rings. The third kappa shape index (κ3) is 5.25. The molecule has 0 saturated heterocycles. The molecule has 4 rings (SSSR count). The number of hydrogen-bond acceptors (Lipinski definition) is 8. The maximum absolute atomic E-state index is 13.9. The SMILES string of the molecule is CCCCOC(=O)OC1=C2C(=O)c3ccc(CC)cc3C(OC(=O)OCCCC)=C2C(=O)c2ccccc21. The Balaban J connectivity index is 1.92. The number of rotatable bonds is 9. The molecule has 8 nitrogen and oxygen atoms in total. The Morgan fingerprint density at radius 3 is 1.68 bits per heavy atom. The highest BCUT2D eigenvalue weighted by molar-refractivity contribution is 6.34. The smallest absolute Gasteiger partial charge is 0.434 e. The second-order valence-electron chi connectivity index (χ2n) is 8.95. The van der Waals surface area contributed by atoms with E-state index in [1.165, 1.54) is 0 Å². The summed E-state index contributed by atoms with van der Waals surface area (Å²) in [6, 6.07) is 11.6. The van der Waals surface area contributed by atoms with Crippen LogP contribution in [0.4, 0.5) is 9.59 Å². The van der Waals surface area contributed by atoms with Crippen molar-refractivity contribution < 1.29 is 38.1 Å². The second kappa shape index (κ2) is 11.9. The summed E-state index contributed by atoms with van der Waals surface area (Å²) in [5, 5.41) is 0. The van der Waals surface area contributed by atoms with Crippen LogP contribution in [0, 0.1) is 0 Å². The van der Waals surface area contributed by atoms with E-state index in [4.69, 9.17) is 18.9 Å². The first kappa shape index (κ1) is 26.9. The number of Topliss-reactive ketones (excluding diaryl/α,β-unsaturated/α-hetero) is 2. The van der Waals surface area contributed by atoms with Crippen LogP contribution in [0.5, 0.6) is 0 Å². The zero-order chi connectivity index (χ0) is 27.2. The maximum atomic E-state index is 13.9. The lowest BCUT2D eigenvalue weighted by molar-refractivity contribution is 0.0845. The van der Waals surface area contributed by atoms with E-state index < -0.39 is 23.9 Å². The minimum absolute atomic E-state index is 0.105. The summed E-state index contributed by atoms with van der Waals surface area (Å²) in [5.41, 5.74) is 1.56. The zero-order valence-electron chi connectivity index (χ0n) is 21.8. The van der Waals surface area contributed by atoms with Crippen LogP contribution in [0.25, 0.3) is 11.5 Å². The van der Waals surface area contributed by atoms with E-state index >= 15 is 0 Å². The van der Waals surface area contributed by atoms with Gasteiger partial charge in [-0.25, -0.2) is 9.59 Å². The lowest BCUT2D eigenvalue weighted by Crippen LogP contribution is -2.29. The number of unbranched alkanes of at least 4 members (excludes halogenated alkanes) is 2. The molecule has 2 aliphatic carbocycles. The Kier molecular flexibility index (Phi) is 8.41. The lowest BCUT2D eigenvalue weighted by Gasteiger charge is -2.29. The molecule has 0 amide bonds. The van der Waals surface area contributed by atoms with Gasteiger partial charge in [0.25, 0.3) is 0 Å². The molecule has 0 unspecified atom stereocenters. The van der Waals surface area contributed by atoms with Crippen molar-refractivity contribution in [1.82, 2.24) is 0 Å². The van der Waals surface area contributed by atoms with E-state index in [1.54, 1.807) is 42.5 Å². The van der Waals surface area contributed by atoms with Crippen LogP contribution in [-0.4, -0.2) is 37.1 Å². The molecule has 0 heterocycles. The van der Waals surface area contributed by atoms with E-state index in [2.05, 4.69) is 0 Å². The highest BCUT2D eigenvalue weighted by atomic mass is 16.7. The largest absolute Gasteiger partial charge is 0.513 e. The van der Waals surface area contributed by atoms with Crippen molar-refractivity contribution in [2.24, 2.45) is 0 Å². The van der Waals surface area contributed by atoms with Crippen LogP contribution in [0.2, 0.25) is 0 Å². The summed E-state index contributed by atoms with van der Waals surface area (Å²) in [5.74, 6) is -1.28. The van der Waals surface area contributed by atoms with Crippen LogP contribution < -0.4 is 0 Å². The molecule has 0 radical (unpaired) electrons. The van der Waals surface area contributed by atoms with Crippen molar-refractivity contribution >= 4 is 35.4 Å². The lowest BCUT2D eigenvalue weighted by atomic mass is 9.76. The number of fused-ring (bicyclic) bond motifs is 3. The van der Waals surface area contributed by atoms with Gasteiger partial charge in [0, 0.05) is 22.3 Å². The van der Waals surface area contributed by atoms with Crippen molar-refractivity contribution in [3.63, 3.8) is 0 Å². The molecule has 0 fully saturated rings. The monoisotopic (exact) mass is 518 g/mol. The van der Waals surface area contributed by atoms with Gasteiger partial charge in [0.15, 0.2) is 23.1 Å². The number of allylic oxidation sites excluding steroid dienone is 2. The third-order valence-corrected chi connectivity index (χ3v) is 6.36. The van der Waals surface area contributed by atoms with Gasteiger partial charge in [-0.05, 0) is 30.9 Å². The minimum atomic E-state index is -0.995. The Bertz CT molecular complexity index is 1350. The van der Waals surface area contributed by atoms with E-state index in [1.807, 2.05) is 20.8 Å². The number of ketones is 2. The average molecular weight is 519 g/mol. The van der Waals surface area contributed by atoms with Gasteiger partial charge in [0.2, 0.25) is 0 Å². The fraction of sp³-hybridized carbons (Fsp3) is 0.333. The molecule has 0 bridgehead atoms. The molecule has 38 heavy (non-hydrogen) atoms. The van der Waals surface area contributed by atoms with Crippen LogP contribution in [0.1, 0.15) is 83.9 Å². The highest BCUT2D eigenvalue weighted by Crippen LogP contribution is 2.45. The van der Waals surface area contributed by atoms with Gasteiger partial charge < -0.3 is 18.9 Å². The first-order valence-corrected chi connectivity index (χ1v) is 12.9. The summed E-state index contributed by atoms with van der Waals surface area (Å²) in [7, 11) is 0. The van der Waals surface area contributed by atoms with Crippen LogP contribution in [0.3, 0.4) is 0 Å². The van der Waals surface area contributed by atoms with Gasteiger partial charge in [-0.2, -0.15) is 0 Å².